The molecule has 0 aromatic heterocycles. The monoisotopic (exact) mass is 373 g/mol. The molecule has 1 atom stereocenters. The Balaban J connectivity index is 2.96. The van der Waals surface area contributed by atoms with E-state index >= 15 is 0 Å². The highest BCUT2D eigenvalue weighted by molar-refractivity contribution is 9.10. The van der Waals surface area contributed by atoms with Crippen molar-refractivity contribution in [3.8, 4) is 0 Å². The van der Waals surface area contributed by atoms with Crippen molar-refractivity contribution < 1.29 is 32.2 Å². The number of rotatable bonds is 6. The van der Waals surface area contributed by atoms with Crippen molar-refractivity contribution in [1.29, 1.82) is 0 Å². The first kappa shape index (κ1) is 17.0. The molecule has 20 heavy (non-hydrogen) atoms. The second-order valence-corrected chi connectivity index (χ2v) is 6.29. The zero-order valence-corrected chi connectivity index (χ0v) is 12.2. The highest BCUT2D eigenvalue weighted by Gasteiger charge is 2.23. The van der Waals surface area contributed by atoms with Crippen molar-refractivity contribution in [2.24, 2.45) is 0 Å². The molecule has 0 amide bonds. The first-order valence-corrected chi connectivity index (χ1v) is 7.41. The van der Waals surface area contributed by atoms with Crippen LogP contribution in [-0.2, 0) is 10.0 Å². The van der Waals surface area contributed by atoms with Gasteiger partial charge in [-0.25, -0.2) is 26.7 Å². The number of carbonyl (C=O) groups is 1. The van der Waals surface area contributed by atoms with Gasteiger partial charge >= 0.3 is 5.97 Å². The van der Waals surface area contributed by atoms with Crippen LogP contribution in [-0.4, -0.2) is 43.7 Å². The van der Waals surface area contributed by atoms with Crippen LogP contribution in [0.5, 0.6) is 0 Å². The average Bonchev–Trinajstić information content (AvgIpc) is 2.35. The maximum atomic E-state index is 12.1. The molecule has 0 fully saturated rings. The Morgan fingerprint density at radius 1 is 1.40 bits per heavy atom. The van der Waals surface area contributed by atoms with Crippen LogP contribution < -0.4 is 4.72 Å². The Hall–Kier alpha value is -1.10. The van der Waals surface area contributed by atoms with Crippen LogP contribution >= 0.6 is 15.9 Å². The van der Waals surface area contributed by atoms with Gasteiger partial charge in [-0.3, -0.25) is 0 Å². The van der Waals surface area contributed by atoms with E-state index in [9.17, 15) is 22.0 Å². The zero-order valence-electron chi connectivity index (χ0n) is 9.76. The van der Waals surface area contributed by atoms with E-state index in [1.54, 1.807) is 0 Å². The number of carboxylic acid groups (broad SMARTS) is 1. The van der Waals surface area contributed by atoms with Crippen LogP contribution in [0.25, 0.3) is 0 Å². The molecule has 112 valence electrons. The highest BCUT2D eigenvalue weighted by atomic mass is 79.9. The number of aromatic carboxylic acids is 1. The fourth-order valence-corrected chi connectivity index (χ4v) is 3.34. The molecule has 0 aliphatic carbocycles. The second-order valence-electron chi connectivity index (χ2n) is 3.70. The van der Waals surface area contributed by atoms with Crippen molar-refractivity contribution in [2.45, 2.75) is 17.4 Å². The van der Waals surface area contributed by atoms with E-state index in [-0.39, 0.29) is 14.9 Å². The van der Waals surface area contributed by atoms with Gasteiger partial charge in [0.2, 0.25) is 10.0 Å². The van der Waals surface area contributed by atoms with Crippen molar-refractivity contribution in [1.82, 2.24) is 4.72 Å². The van der Waals surface area contributed by atoms with Gasteiger partial charge in [0.1, 0.15) is 6.10 Å². The normalized spacial score (nSPS) is 13.4. The third-order valence-corrected chi connectivity index (χ3v) is 4.64. The lowest BCUT2D eigenvalue weighted by atomic mass is 10.2. The molecule has 6 nitrogen and oxygen atoms in total. The molecule has 3 N–H and O–H groups in total. The summed E-state index contributed by atoms with van der Waals surface area (Å²) in [5, 5.41) is 17.6. The quantitative estimate of drug-likeness (QED) is 0.691. The molecule has 0 spiro atoms. The van der Waals surface area contributed by atoms with Gasteiger partial charge < -0.3 is 10.2 Å². The van der Waals surface area contributed by atoms with Crippen molar-refractivity contribution >= 4 is 31.9 Å². The largest absolute Gasteiger partial charge is 0.478 e. The van der Waals surface area contributed by atoms with Gasteiger partial charge in [-0.2, -0.15) is 0 Å². The zero-order chi connectivity index (χ0) is 15.5. The molecule has 1 unspecified atom stereocenters. The number of hydrogen-bond donors (Lipinski definition) is 3. The van der Waals surface area contributed by atoms with Crippen LogP contribution in [0.15, 0.2) is 27.6 Å². The molecule has 0 bridgehead atoms. The molecule has 0 heterocycles. The Bertz CT molecular complexity index is 608. The Labute approximate surface area is 121 Å². The third-order valence-electron chi connectivity index (χ3n) is 2.24. The summed E-state index contributed by atoms with van der Waals surface area (Å²) in [6.45, 7) is -0.854. The molecule has 0 saturated heterocycles. The minimum absolute atomic E-state index is 0.0311. The van der Waals surface area contributed by atoms with E-state index in [4.69, 9.17) is 10.2 Å². The lowest BCUT2D eigenvalue weighted by Crippen LogP contribution is -2.36. The van der Waals surface area contributed by atoms with Crippen LogP contribution in [0.1, 0.15) is 10.4 Å². The summed E-state index contributed by atoms with van der Waals surface area (Å²) in [6, 6.07) is 3.15. The van der Waals surface area contributed by atoms with E-state index in [1.807, 2.05) is 4.72 Å². The number of nitrogens with one attached hydrogen (secondary N) is 1. The lowest BCUT2D eigenvalue weighted by Gasteiger charge is -2.12. The van der Waals surface area contributed by atoms with Gasteiger partial charge in [0.25, 0.3) is 6.43 Å². The Morgan fingerprint density at radius 3 is 2.45 bits per heavy atom. The predicted molar refractivity (Wildman–Crippen MR) is 68.3 cm³/mol. The smallest absolute Gasteiger partial charge is 0.335 e. The van der Waals surface area contributed by atoms with Gasteiger partial charge in [-0.05, 0) is 34.1 Å². The molecule has 0 radical (unpaired) electrons. The number of aliphatic hydroxyl groups is 1. The van der Waals surface area contributed by atoms with Gasteiger partial charge in [-0.15, -0.1) is 0 Å². The summed E-state index contributed by atoms with van der Waals surface area (Å²) in [5.74, 6) is -1.24. The highest BCUT2D eigenvalue weighted by Crippen LogP contribution is 2.23. The summed E-state index contributed by atoms with van der Waals surface area (Å²) >= 11 is 2.89. The summed E-state index contributed by atoms with van der Waals surface area (Å²) in [5.41, 5.74) is -0.136. The Kier molecular flexibility index (Phi) is 5.57. The van der Waals surface area contributed by atoms with Gasteiger partial charge in [0.15, 0.2) is 0 Å². The maximum Gasteiger partial charge on any atom is 0.335 e. The minimum Gasteiger partial charge on any atom is -0.478 e. The van der Waals surface area contributed by atoms with E-state index in [1.165, 1.54) is 0 Å². The summed E-state index contributed by atoms with van der Waals surface area (Å²) < 4.78 is 49.5. The van der Waals surface area contributed by atoms with Crippen molar-refractivity contribution in [3.05, 3.63) is 28.2 Å². The summed E-state index contributed by atoms with van der Waals surface area (Å²) in [4.78, 5) is 10.4. The number of halogens is 3. The predicted octanol–water partition coefficient (Wildman–Crippen LogP) is 1.05. The molecule has 1 aromatic carbocycles. The lowest BCUT2D eigenvalue weighted by molar-refractivity contribution is -0.000453. The van der Waals surface area contributed by atoms with Crippen LogP contribution in [0.3, 0.4) is 0 Å². The van der Waals surface area contributed by atoms with Crippen molar-refractivity contribution in [2.75, 3.05) is 6.54 Å². The molecule has 0 saturated carbocycles. The fraction of sp³-hybridized carbons (Fsp3) is 0.300. The number of alkyl halides is 2. The maximum absolute atomic E-state index is 12.1. The number of benzene rings is 1. The SMILES string of the molecule is O=C(O)c1ccc(S(=O)(=O)NCC(O)C(F)F)c(Br)c1. The molecular weight excluding hydrogens is 364 g/mol. The molecule has 0 aliphatic heterocycles. The minimum atomic E-state index is -4.15. The fourth-order valence-electron chi connectivity index (χ4n) is 1.21. The number of hydrogen-bond acceptors (Lipinski definition) is 4. The van der Waals surface area contributed by atoms with E-state index < -0.39 is 35.1 Å². The number of carboxylic acids is 1. The van der Waals surface area contributed by atoms with E-state index in [2.05, 4.69) is 15.9 Å². The topological polar surface area (TPSA) is 104 Å². The molecule has 1 rings (SSSR count). The van der Waals surface area contributed by atoms with E-state index in [0.717, 1.165) is 18.2 Å². The van der Waals surface area contributed by atoms with E-state index in [0.29, 0.717) is 0 Å². The third kappa shape index (κ3) is 4.20. The first-order chi connectivity index (χ1) is 9.15. The van der Waals surface area contributed by atoms with Gasteiger partial charge in [0.05, 0.1) is 10.5 Å². The Morgan fingerprint density at radius 2 is 2.00 bits per heavy atom. The average molecular weight is 374 g/mol. The second kappa shape index (κ2) is 6.57. The first-order valence-electron chi connectivity index (χ1n) is 5.14. The standard InChI is InChI=1S/C10H10BrF2NO5S/c11-6-3-5(10(16)17)1-2-8(6)20(18,19)14-4-7(15)9(12)13/h1-3,7,9,14-15H,4H2,(H,16,17). The molecule has 10 heteroatoms. The van der Waals surface area contributed by atoms with Gasteiger partial charge in [-0.1, -0.05) is 0 Å². The summed E-state index contributed by atoms with van der Waals surface area (Å²) in [7, 11) is -4.15. The molecule has 0 aliphatic rings. The van der Waals surface area contributed by atoms with Gasteiger partial charge in [0, 0.05) is 11.0 Å². The molecular formula is C10H10BrF2NO5S. The number of sulfonamides is 1. The van der Waals surface area contributed by atoms with Crippen LogP contribution in [0, 0.1) is 0 Å². The van der Waals surface area contributed by atoms with Crippen LogP contribution in [0.4, 0.5) is 8.78 Å². The number of aliphatic hydroxyl groups excluding tert-OH is 1. The summed E-state index contributed by atoms with van der Waals surface area (Å²) in [6.07, 6.45) is -5.20. The van der Waals surface area contributed by atoms with Crippen molar-refractivity contribution in [3.63, 3.8) is 0 Å². The molecule has 1 aromatic rings. The van der Waals surface area contributed by atoms with Crippen LogP contribution in [0.2, 0.25) is 0 Å².